The van der Waals surface area contributed by atoms with E-state index in [1.54, 1.807) is 24.3 Å². The molecule has 0 aliphatic rings. The average Bonchev–Trinajstić information content (AvgIpc) is 2.59. The fourth-order valence-corrected chi connectivity index (χ4v) is 1.88. The molecule has 2 aromatic carbocycles. The van der Waals surface area contributed by atoms with E-state index < -0.39 is 29.1 Å². The van der Waals surface area contributed by atoms with E-state index in [0.717, 1.165) is 23.8 Å². The number of amides is 1. The van der Waals surface area contributed by atoms with Crippen molar-refractivity contribution in [2.45, 2.75) is 6.61 Å². The highest BCUT2D eigenvalue weighted by Gasteiger charge is 2.17. The molecule has 8 heteroatoms. The van der Waals surface area contributed by atoms with Gasteiger partial charge in [0.2, 0.25) is 0 Å². The molecular weight excluding hydrogens is 316 g/mol. The van der Waals surface area contributed by atoms with Crippen LogP contribution in [-0.4, -0.2) is 28.5 Å². The molecule has 0 spiro atoms. The van der Waals surface area contributed by atoms with E-state index >= 15 is 0 Å². The maximum absolute atomic E-state index is 12.0. The van der Waals surface area contributed by atoms with E-state index in [9.17, 15) is 24.8 Å². The molecule has 8 nitrogen and oxygen atoms in total. The molecule has 0 heterocycles. The Morgan fingerprint density at radius 1 is 1.17 bits per heavy atom. The first-order valence-corrected chi connectivity index (χ1v) is 6.92. The van der Waals surface area contributed by atoms with Gasteiger partial charge < -0.3 is 15.2 Å². The number of nitrogens with one attached hydrogen (secondary N) is 1. The first kappa shape index (κ1) is 16.9. The first-order valence-electron chi connectivity index (χ1n) is 6.92. The largest absolute Gasteiger partial charge is 0.507 e. The molecule has 0 aliphatic heterocycles. The number of nitro groups is 1. The van der Waals surface area contributed by atoms with E-state index in [1.807, 2.05) is 6.07 Å². The number of rotatable bonds is 6. The Morgan fingerprint density at radius 3 is 2.54 bits per heavy atom. The van der Waals surface area contributed by atoms with Gasteiger partial charge in [0, 0.05) is 12.1 Å². The van der Waals surface area contributed by atoms with Gasteiger partial charge in [-0.3, -0.25) is 14.9 Å². The summed E-state index contributed by atoms with van der Waals surface area (Å²) in [6.07, 6.45) is -0.808. The number of ketones is 1. The Morgan fingerprint density at radius 2 is 1.88 bits per heavy atom. The maximum atomic E-state index is 12.0. The molecule has 0 aromatic heterocycles. The molecule has 1 amide bonds. The molecule has 0 fully saturated rings. The number of nitro benzene ring substituents is 1. The van der Waals surface area contributed by atoms with Crippen molar-refractivity contribution in [3.8, 4) is 5.75 Å². The summed E-state index contributed by atoms with van der Waals surface area (Å²) in [7, 11) is 0. The van der Waals surface area contributed by atoms with Crippen LogP contribution in [0.5, 0.6) is 5.75 Å². The van der Waals surface area contributed by atoms with Gasteiger partial charge >= 0.3 is 6.09 Å². The summed E-state index contributed by atoms with van der Waals surface area (Å²) in [5.41, 5.74) is 0.214. The van der Waals surface area contributed by atoms with Crippen molar-refractivity contribution in [3.63, 3.8) is 0 Å². The Bertz CT molecular complexity index is 760. The second-order valence-electron chi connectivity index (χ2n) is 4.80. The number of alkyl carbamates (subject to hydrolysis) is 1. The predicted octanol–water partition coefficient (Wildman–Crippen LogP) is 2.41. The zero-order chi connectivity index (χ0) is 17.5. The van der Waals surface area contributed by atoms with E-state index in [-0.39, 0.29) is 17.9 Å². The molecule has 2 N–H and O–H groups in total. The summed E-state index contributed by atoms with van der Waals surface area (Å²) in [4.78, 5) is 33.5. The van der Waals surface area contributed by atoms with Crippen LogP contribution in [0.2, 0.25) is 0 Å². The van der Waals surface area contributed by atoms with Gasteiger partial charge in [-0.1, -0.05) is 30.3 Å². The predicted molar refractivity (Wildman–Crippen MR) is 83.7 cm³/mol. The lowest BCUT2D eigenvalue weighted by Crippen LogP contribution is -2.30. The number of aromatic hydroxyl groups is 1. The van der Waals surface area contributed by atoms with E-state index in [1.165, 1.54) is 0 Å². The Labute approximate surface area is 136 Å². The van der Waals surface area contributed by atoms with Gasteiger partial charge in [-0.2, -0.15) is 0 Å². The number of phenols is 1. The summed E-state index contributed by atoms with van der Waals surface area (Å²) in [6, 6.07) is 12.1. The zero-order valence-electron chi connectivity index (χ0n) is 12.5. The van der Waals surface area contributed by atoms with Crippen LogP contribution < -0.4 is 5.32 Å². The highest BCUT2D eigenvalue weighted by Crippen LogP contribution is 2.23. The summed E-state index contributed by atoms with van der Waals surface area (Å²) in [5.74, 6) is -1.07. The molecule has 2 aromatic rings. The van der Waals surface area contributed by atoms with Crippen molar-refractivity contribution in [2.24, 2.45) is 0 Å². The number of hydrogen-bond donors (Lipinski definition) is 2. The minimum absolute atomic E-state index is 0.0446. The number of nitrogens with zero attached hydrogens (tertiary/aromatic N) is 1. The molecule has 0 radical (unpaired) electrons. The normalized spacial score (nSPS) is 10.0. The van der Waals surface area contributed by atoms with Gasteiger partial charge in [0.15, 0.2) is 5.78 Å². The van der Waals surface area contributed by atoms with Crippen LogP contribution in [0.25, 0.3) is 0 Å². The van der Waals surface area contributed by atoms with Crippen LogP contribution in [0, 0.1) is 10.1 Å². The lowest BCUT2D eigenvalue weighted by Gasteiger charge is -2.07. The van der Waals surface area contributed by atoms with Crippen LogP contribution in [0.15, 0.2) is 48.5 Å². The van der Waals surface area contributed by atoms with Crippen molar-refractivity contribution in [1.29, 1.82) is 0 Å². The van der Waals surface area contributed by atoms with Crippen molar-refractivity contribution < 1.29 is 24.4 Å². The molecule has 24 heavy (non-hydrogen) atoms. The van der Waals surface area contributed by atoms with Crippen molar-refractivity contribution in [1.82, 2.24) is 5.32 Å². The molecule has 0 saturated carbocycles. The van der Waals surface area contributed by atoms with Gasteiger partial charge in [-0.15, -0.1) is 0 Å². The first-order chi connectivity index (χ1) is 11.5. The van der Waals surface area contributed by atoms with E-state index in [4.69, 9.17) is 4.74 Å². The lowest BCUT2D eigenvalue weighted by atomic mass is 10.1. The second kappa shape index (κ2) is 7.73. The number of non-ortho nitro benzene ring substituents is 1. The molecule has 0 atom stereocenters. The van der Waals surface area contributed by atoms with Gasteiger partial charge in [0.25, 0.3) is 5.69 Å². The van der Waals surface area contributed by atoms with Crippen LogP contribution in [-0.2, 0) is 11.3 Å². The SMILES string of the molecule is O=C(NCC(=O)c1cc([N+](=O)[O-])ccc1O)OCc1ccccc1. The van der Waals surface area contributed by atoms with E-state index in [2.05, 4.69) is 5.32 Å². The van der Waals surface area contributed by atoms with Gasteiger partial charge in [-0.25, -0.2) is 4.79 Å². The summed E-state index contributed by atoms with van der Waals surface area (Å²) < 4.78 is 4.93. The smallest absolute Gasteiger partial charge is 0.407 e. The van der Waals surface area contributed by atoms with Crippen molar-refractivity contribution in [2.75, 3.05) is 6.54 Å². The van der Waals surface area contributed by atoms with Crippen molar-refractivity contribution in [3.05, 3.63) is 69.8 Å². The van der Waals surface area contributed by atoms with Crippen LogP contribution >= 0.6 is 0 Å². The number of carbonyl (C=O) groups is 2. The third-order valence-corrected chi connectivity index (χ3v) is 3.10. The topological polar surface area (TPSA) is 119 Å². The number of Topliss-reactive ketones (excluding diaryl/α,β-unsaturated/α-hetero) is 1. The molecule has 0 bridgehead atoms. The molecule has 0 aliphatic carbocycles. The minimum Gasteiger partial charge on any atom is -0.507 e. The zero-order valence-corrected chi connectivity index (χ0v) is 12.5. The number of carbonyl (C=O) groups excluding carboxylic acids is 2. The van der Waals surface area contributed by atoms with Crippen LogP contribution in [0.3, 0.4) is 0 Å². The fraction of sp³-hybridized carbons (Fsp3) is 0.125. The molecule has 0 unspecified atom stereocenters. The highest BCUT2D eigenvalue weighted by atomic mass is 16.6. The Hall–Kier alpha value is -3.42. The Balaban J connectivity index is 1.89. The standard InChI is InChI=1S/C16H14N2O6/c19-14-7-6-12(18(22)23)8-13(14)15(20)9-17-16(21)24-10-11-4-2-1-3-5-11/h1-8,19H,9-10H2,(H,17,21). The van der Waals surface area contributed by atoms with Gasteiger partial charge in [0.1, 0.15) is 12.4 Å². The van der Waals surface area contributed by atoms with E-state index in [0.29, 0.717) is 0 Å². The third kappa shape index (κ3) is 4.54. The maximum Gasteiger partial charge on any atom is 0.407 e. The number of ether oxygens (including phenoxy) is 1. The minimum atomic E-state index is -0.808. The Kier molecular flexibility index (Phi) is 5.45. The highest BCUT2D eigenvalue weighted by molar-refractivity contribution is 6.01. The second-order valence-corrected chi connectivity index (χ2v) is 4.80. The molecular formula is C16H14N2O6. The third-order valence-electron chi connectivity index (χ3n) is 3.10. The molecule has 0 saturated heterocycles. The number of phenolic OH excluding ortho intramolecular Hbond substituents is 1. The average molecular weight is 330 g/mol. The quantitative estimate of drug-likeness (QED) is 0.477. The van der Waals surface area contributed by atoms with Gasteiger partial charge in [0.05, 0.1) is 17.0 Å². The van der Waals surface area contributed by atoms with Gasteiger partial charge in [-0.05, 0) is 11.6 Å². The summed E-state index contributed by atoms with van der Waals surface area (Å²) in [6.45, 7) is -0.411. The van der Waals surface area contributed by atoms with Crippen LogP contribution in [0.4, 0.5) is 10.5 Å². The summed E-state index contributed by atoms with van der Waals surface area (Å²) >= 11 is 0. The fourth-order valence-electron chi connectivity index (χ4n) is 1.88. The lowest BCUT2D eigenvalue weighted by molar-refractivity contribution is -0.384. The molecule has 124 valence electrons. The van der Waals surface area contributed by atoms with Crippen LogP contribution in [0.1, 0.15) is 15.9 Å². The molecule has 2 rings (SSSR count). The van der Waals surface area contributed by atoms with Crippen molar-refractivity contribution >= 4 is 17.6 Å². The number of hydrogen-bond acceptors (Lipinski definition) is 6. The summed E-state index contributed by atoms with van der Waals surface area (Å²) in [5, 5.41) is 22.5. The monoisotopic (exact) mass is 330 g/mol. The number of benzene rings is 2.